The first-order valence-electron chi connectivity index (χ1n) is 3.36. The molecule has 0 atom stereocenters. The molecule has 0 bridgehead atoms. The van der Waals surface area contributed by atoms with Crippen LogP contribution in [0.3, 0.4) is 0 Å². The van der Waals surface area contributed by atoms with Crippen molar-refractivity contribution in [1.29, 1.82) is 0 Å². The zero-order valence-electron chi connectivity index (χ0n) is 6.11. The summed E-state index contributed by atoms with van der Waals surface area (Å²) < 4.78 is 0. The number of aromatic amines is 1. The molecular weight excluding hydrogens is 156 g/mol. The van der Waals surface area contributed by atoms with Crippen LogP contribution in [0.1, 0.15) is 10.5 Å². The summed E-state index contributed by atoms with van der Waals surface area (Å²) in [5, 5.41) is 0. The SMILES string of the molecule is NC(=O)c1cnc2cncc-2[nH]1. The third-order valence-electron chi connectivity index (χ3n) is 1.54. The Hall–Kier alpha value is -1.91. The monoisotopic (exact) mass is 162 g/mol. The molecule has 0 spiro atoms. The van der Waals surface area contributed by atoms with Gasteiger partial charge in [-0.15, -0.1) is 0 Å². The van der Waals surface area contributed by atoms with Crippen molar-refractivity contribution in [2.75, 3.05) is 0 Å². The smallest absolute Gasteiger partial charge is 0.266 e. The number of nitrogens with zero attached hydrogens (tertiary/aromatic N) is 2. The van der Waals surface area contributed by atoms with Gasteiger partial charge >= 0.3 is 0 Å². The summed E-state index contributed by atoms with van der Waals surface area (Å²) in [5.41, 5.74) is 6.77. The average Bonchev–Trinajstić information content (AvgIpc) is 2.49. The molecule has 0 unspecified atom stereocenters. The number of rotatable bonds is 1. The van der Waals surface area contributed by atoms with Gasteiger partial charge in [-0.2, -0.15) is 0 Å². The van der Waals surface area contributed by atoms with Crippen molar-refractivity contribution in [3.63, 3.8) is 0 Å². The van der Waals surface area contributed by atoms with Gasteiger partial charge in [0.2, 0.25) is 0 Å². The number of H-pyrrole nitrogens is 1. The highest BCUT2D eigenvalue weighted by atomic mass is 16.1. The number of aromatic nitrogens is 3. The zero-order valence-corrected chi connectivity index (χ0v) is 6.11. The van der Waals surface area contributed by atoms with E-state index >= 15 is 0 Å². The number of amides is 1. The Kier molecular flexibility index (Phi) is 1.30. The van der Waals surface area contributed by atoms with Crippen LogP contribution in [0.5, 0.6) is 0 Å². The molecule has 0 aromatic rings. The molecule has 60 valence electrons. The van der Waals surface area contributed by atoms with Crippen LogP contribution in [0.25, 0.3) is 11.4 Å². The quantitative estimate of drug-likeness (QED) is 0.619. The summed E-state index contributed by atoms with van der Waals surface area (Å²) in [6, 6.07) is 0. The molecule has 0 aliphatic carbocycles. The zero-order chi connectivity index (χ0) is 8.55. The Morgan fingerprint density at radius 2 is 2.25 bits per heavy atom. The van der Waals surface area contributed by atoms with Crippen molar-refractivity contribution in [3.05, 3.63) is 24.3 Å². The van der Waals surface area contributed by atoms with E-state index in [-0.39, 0.29) is 5.69 Å². The largest absolute Gasteiger partial charge is 0.364 e. The Bertz CT molecular complexity index is 394. The third-order valence-corrected chi connectivity index (χ3v) is 1.54. The van der Waals surface area contributed by atoms with E-state index in [1.54, 1.807) is 12.4 Å². The maximum Gasteiger partial charge on any atom is 0.266 e. The van der Waals surface area contributed by atoms with Crippen LogP contribution in [0.15, 0.2) is 18.6 Å². The molecule has 5 nitrogen and oxygen atoms in total. The van der Waals surface area contributed by atoms with Gasteiger partial charge in [0, 0.05) is 0 Å². The average molecular weight is 162 g/mol. The molecule has 2 aliphatic heterocycles. The lowest BCUT2D eigenvalue weighted by Gasteiger charge is -1.99. The minimum absolute atomic E-state index is 0.288. The molecule has 2 heterocycles. The number of nitrogens with two attached hydrogens (primary N) is 1. The van der Waals surface area contributed by atoms with Crippen molar-refractivity contribution in [2.24, 2.45) is 5.73 Å². The second kappa shape index (κ2) is 2.30. The Balaban J connectivity index is 2.62. The molecular formula is C7H6N4O. The molecule has 0 fully saturated rings. The van der Waals surface area contributed by atoms with Gasteiger partial charge in [-0.05, 0) is 0 Å². The first kappa shape index (κ1) is 6.78. The Labute approximate surface area is 68.0 Å². The number of carbonyl (C=O) groups is 1. The van der Waals surface area contributed by atoms with E-state index in [1.165, 1.54) is 6.20 Å². The lowest BCUT2D eigenvalue weighted by molar-refractivity contribution is 0.0995. The van der Waals surface area contributed by atoms with Crippen LogP contribution < -0.4 is 5.73 Å². The fourth-order valence-electron chi connectivity index (χ4n) is 0.954. The van der Waals surface area contributed by atoms with Gasteiger partial charge in [-0.1, -0.05) is 0 Å². The van der Waals surface area contributed by atoms with Crippen molar-refractivity contribution in [2.45, 2.75) is 0 Å². The van der Waals surface area contributed by atoms with E-state index < -0.39 is 5.91 Å². The fraction of sp³-hybridized carbons (Fsp3) is 0. The normalized spacial score (nSPS) is 10.3. The maximum absolute atomic E-state index is 10.7. The van der Waals surface area contributed by atoms with Crippen LogP contribution in [0.4, 0.5) is 0 Å². The standard InChI is InChI=1S/C7H6N4O/c8-7(12)6-3-10-4-1-9-2-5(4)11-6/h1-3,11H,(H2,8,12). The van der Waals surface area contributed by atoms with E-state index in [0.29, 0.717) is 5.69 Å². The van der Waals surface area contributed by atoms with Crippen LogP contribution in [-0.2, 0) is 0 Å². The summed E-state index contributed by atoms with van der Waals surface area (Å²) in [4.78, 5) is 21.3. The molecule has 0 aromatic carbocycles. The van der Waals surface area contributed by atoms with Crippen LogP contribution >= 0.6 is 0 Å². The summed E-state index contributed by atoms with van der Waals surface area (Å²) in [5.74, 6) is -0.523. The highest BCUT2D eigenvalue weighted by molar-refractivity contribution is 5.91. The van der Waals surface area contributed by atoms with Gasteiger partial charge in [0.05, 0.1) is 24.3 Å². The Morgan fingerprint density at radius 1 is 1.42 bits per heavy atom. The van der Waals surface area contributed by atoms with Gasteiger partial charge in [-0.25, -0.2) is 0 Å². The molecule has 5 heteroatoms. The first-order chi connectivity index (χ1) is 5.77. The first-order valence-corrected chi connectivity index (χ1v) is 3.36. The molecule has 0 aromatic heterocycles. The highest BCUT2D eigenvalue weighted by Crippen LogP contribution is 2.14. The molecule has 0 saturated heterocycles. The minimum atomic E-state index is -0.523. The lowest BCUT2D eigenvalue weighted by Crippen LogP contribution is -2.13. The summed E-state index contributed by atoms with van der Waals surface area (Å²) in [6.07, 6.45) is 4.59. The van der Waals surface area contributed by atoms with E-state index in [0.717, 1.165) is 5.69 Å². The number of hydrogen-bond acceptors (Lipinski definition) is 3. The predicted octanol–water partition coefficient (Wildman–Crippen LogP) is 0.00840. The number of hydrogen-bond donors (Lipinski definition) is 2. The highest BCUT2D eigenvalue weighted by Gasteiger charge is 2.07. The van der Waals surface area contributed by atoms with Gasteiger partial charge in [0.1, 0.15) is 11.4 Å². The third kappa shape index (κ3) is 0.914. The predicted molar refractivity (Wildman–Crippen MR) is 41.5 cm³/mol. The van der Waals surface area contributed by atoms with Crippen molar-refractivity contribution in [1.82, 2.24) is 15.0 Å². The van der Waals surface area contributed by atoms with Crippen LogP contribution in [-0.4, -0.2) is 20.9 Å². The number of carbonyl (C=O) groups excluding carboxylic acids is 1. The van der Waals surface area contributed by atoms with Crippen molar-refractivity contribution >= 4 is 5.91 Å². The van der Waals surface area contributed by atoms with Crippen LogP contribution in [0, 0.1) is 0 Å². The number of fused-ring (bicyclic) bond motifs is 1. The van der Waals surface area contributed by atoms with Gasteiger partial charge in [0.25, 0.3) is 5.91 Å². The molecule has 0 saturated carbocycles. The van der Waals surface area contributed by atoms with Crippen LogP contribution in [0.2, 0.25) is 0 Å². The van der Waals surface area contributed by atoms with Crippen molar-refractivity contribution in [3.8, 4) is 11.4 Å². The lowest BCUT2D eigenvalue weighted by atomic mass is 10.3. The molecule has 0 radical (unpaired) electrons. The van der Waals surface area contributed by atoms with E-state index in [9.17, 15) is 4.79 Å². The fourth-order valence-corrected chi connectivity index (χ4v) is 0.954. The molecule has 12 heavy (non-hydrogen) atoms. The topological polar surface area (TPSA) is 84.7 Å². The number of primary amides is 1. The van der Waals surface area contributed by atoms with Gasteiger partial charge in [-0.3, -0.25) is 14.8 Å². The minimum Gasteiger partial charge on any atom is -0.364 e. The van der Waals surface area contributed by atoms with E-state index in [1.807, 2.05) is 0 Å². The van der Waals surface area contributed by atoms with E-state index in [2.05, 4.69) is 15.0 Å². The van der Waals surface area contributed by atoms with Gasteiger partial charge in [0.15, 0.2) is 0 Å². The van der Waals surface area contributed by atoms with Gasteiger partial charge < -0.3 is 10.7 Å². The molecule has 3 N–H and O–H groups in total. The second-order valence-corrected chi connectivity index (χ2v) is 2.37. The number of nitrogens with one attached hydrogen (secondary N) is 1. The summed E-state index contributed by atoms with van der Waals surface area (Å²) in [7, 11) is 0. The summed E-state index contributed by atoms with van der Waals surface area (Å²) in [6.45, 7) is 0. The van der Waals surface area contributed by atoms with E-state index in [4.69, 9.17) is 5.73 Å². The Morgan fingerprint density at radius 3 is 3.00 bits per heavy atom. The maximum atomic E-state index is 10.7. The summed E-state index contributed by atoms with van der Waals surface area (Å²) >= 11 is 0. The van der Waals surface area contributed by atoms with Crippen molar-refractivity contribution < 1.29 is 4.79 Å². The second-order valence-electron chi connectivity index (χ2n) is 2.37. The molecule has 2 aliphatic rings. The molecule has 2 rings (SSSR count). The molecule has 1 amide bonds.